The molecule has 5 heteroatoms. The molecule has 1 atom stereocenters. The average Bonchev–Trinajstić information content (AvgIpc) is 2.61. The van der Waals surface area contributed by atoms with E-state index >= 15 is 0 Å². The quantitative estimate of drug-likeness (QED) is 0.762. The lowest BCUT2D eigenvalue weighted by Gasteiger charge is -2.23. The molecule has 0 aliphatic carbocycles. The van der Waals surface area contributed by atoms with Gasteiger partial charge in [0.15, 0.2) is 10.6 Å². The van der Waals surface area contributed by atoms with Crippen molar-refractivity contribution in [2.75, 3.05) is 0 Å². The number of aromatic amines is 1. The summed E-state index contributed by atoms with van der Waals surface area (Å²) in [4.78, 5) is 0. The first-order valence-corrected chi connectivity index (χ1v) is 5.83. The largest absolute Gasteiger partial charge is 0.388 e. The molecule has 0 saturated carbocycles. The molecule has 4 nitrogen and oxygen atoms in total. The lowest BCUT2D eigenvalue weighted by Crippen LogP contribution is -2.18. The van der Waals surface area contributed by atoms with Crippen LogP contribution >= 0.6 is 12.2 Å². The van der Waals surface area contributed by atoms with Gasteiger partial charge in [0.25, 0.3) is 0 Å². The van der Waals surface area contributed by atoms with E-state index in [0.29, 0.717) is 16.5 Å². The third-order valence-corrected chi connectivity index (χ3v) is 3.35. The van der Waals surface area contributed by atoms with Crippen LogP contribution in [0.1, 0.15) is 45.5 Å². The van der Waals surface area contributed by atoms with Crippen molar-refractivity contribution in [3.05, 3.63) is 10.6 Å². The standard InChI is InChI=1S/C10H19N3OS/c1-4-8(5-2)7(3)13-9(6-14)11-12-10(13)15/h7-8,14H,4-6H2,1-3H3,(H,12,15). The van der Waals surface area contributed by atoms with Gasteiger partial charge in [-0.3, -0.25) is 9.67 Å². The maximum atomic E-state index is 9.16. The molecular weight excluding hydrogens is 210 g/mol. The van der Waals surface area contributed by atoms with E-state index in [1.165, 1.54) is 0 Å². The van der Waals surface area contributed by atoms with E-state index in [9.17, 15) is 0 Å². The number of H-pyrrole nitrogens is 1. The Hall–Kier alpha value is -0.680. The van der Waals surface area contributed by atoms with E-state index in [1.807, 2.05) is 4.57 Å². The first kappa shape index (κ1) is 12.4. The van der Waals surface area contributed by atoms with E-state index in [-0.39, 0.29) is 12.6 Å². The molecule has 0 aromatic carbocycles. The van der Waals surface area contributed by atoms with Gasteiger partial charge in [0.1, 0.15) is 6.61 Å². The highest BCUT2D eigenvalue weighted by Gasteiger charge is 2.19. The van der Waals surface area contributed by atoms with Crippen LogP contribution in [0.25, 0.3) is 0 Å². The molecule has 0 fully saturated rings. The van der Waals surface area contributed by atoms with Crippen molar-refractivity contribution < 1.29 is 5.11 Å². The molecule has 0 bridgehead atoms. The number of aliphatic hydroxyl groups excluding tert-OH is 1. The zero-order valence-corrected chi connectivity index (χ0v) is 10.3. The highest BCUT2D eigenvalue weighted by atomic mass is 32.1. The minimum Gasteiger partial charge on any atom is -0.388 e. The number of rotatable bonds is 5. The van der Waals surface area contributed by atoms with Gasteiger partial charge < -0.3 is 5.11 Å². The van der Waals surface area contributed by atoms with Crippen molar-refractivity contribution in [3.8, 4) is 0 Å². The molecular formula is C10H19N3OS. The van der Waals surface area contributed by atoms with Gasteiger partial charge >= 0.3 is 0 Å². The average molecular weight is 229 g/mol. The molecule has 1 aromatic heterocycles. The predicted molar refractivity (Wildman–Crippen MR) is 62.1 cm³/mol. The molecule has 86 valence electrons. The van der Waals surface area contributed by atoms with Crippen LogP contribution < -0.4 is 0 Å². The van der Waals surface area contributed by atoms with Crippen LogP contribution in [0.3, 0.4) is 0 Å². The van der Waals surface area contributed by atoms with Gasteiger partial charge in [-0.1, -0.05) is 26.7 Å². The van der Waals surface area contributed by atoms with Gasteiger partial charge in [0.2, 0.25) is 0 Å². The first-order chi connectivity index (χ1) is 7.15. The van der Waals surface area contributed by atoms with Gasteiger partial charge in [-0.15, -0.1) is 0 Å². The molecule has 0 amide bonds. The number of nitrogens with zero attached hydrogens (tertiary/aromatic N) is 2. The van der Waals surface area contributed by atoms with Crippen molar-refractivity contribution >= 4 is 12.2 Å². The zero-order valence-electron chi connectivity index (χ0n) is 9.53. The number of aromatic nitrogens is 3. The fourth-order valence-corrected chi connectivity index (χ4v) is 2.37. The highest BCUT2D eigenvalue weighted by Crippen LogP contribution is 2.25. The third kappa shape index (κ3) is 2.46. The predicted octanol–water partition coefficient (Wildman–Crippen LogP) is 2.43. The fourth-order valence-electron chi connectivity index (χ4n) is 2.05. The summed E-state index contributed by atoms with van der Waals surface area (Å²) in [5, 5.41) is 15.9. The molecule has 0 saturated heterocycles. The summed E-state index contributed by atoms with van der Waals surface area (Å²) in [6.07, 6.45) is 2.21. The Balaban J connectivity index is 3.03. The molecule has 1 unspecified atom stereocenters. The molecule has 0 radical (unpaired) electrons. The molecule has 1 rings (SSSR count). The molecule has 1 heterocycles. The number of nitrogens with one attached hydrogen (secondary N) is 1. The summed E-state index contributed by atoms with van der Waals surface area (Å²) in [6, 6.07) is 0.286. The van der Waals surface area contributed by atoms with Crippen LogP contribution in [0.5, 0.6) is 0 Å². The third-order valence-electron chi connectivity index (χ3n) is 3.06. The lowest BCUT2D eigenvalue weighted by atomic mass is 9.95. The van der Waals surface area contributed by atoms with Crippen molar-refractivity contribution in [2.45, 2.75) is 46.3 Å². The molecule has 2 N–H and O–H groups in total. The molecule has 1 aromatic rings. The van der Waals surface area contributed by atoms with Gasteiger partial charge in [-0.05, 0) is 25.1 Å². The van der Waals surface area contributed by atoms with E-state index in [4.69, 9.17) is 17.3 Å². The van der Waals surface area contributed by atoms with Gasteiger partial charge in [-0.25, -0.2) is 0 Å². The van der Waals surface area contributed by atoms with Crippen LogP contribution in [0, 0.1) is 10.7 Å². The van der Waals surface area contributed by atoms with E-state index in [1.54, 1.807) is 0 Å². The summed E-state index contributed by atoms with van der Waals surface area (Å²) < 4.78 is 2.52. The maximum Gasteiger partial charge on any atom is 0.195 e. The van der Waals surface area contributed by atoms with Crippen molar-refractivity contribution in [1.82, 2.24) is 14.8 Å². The second-order valence-corrected chi connectivity index (χ2v) is 4.18. The second kappa shape index (κ2) is 5.42. The van der Waals surface area contributed by atoms with Crippen molar-refractivity contribution in [1.29, 1.82) is 0 Å². The Bertz CT molecular complexity index is 354. The fraction of sp³-hybridized carbons (Fsp3) is 0.800. The number of aliphatic hydroxyl groups is 1. The van der Waals surface area contributed by atoms with Crippen LogP contribution in [0.15, 0.2) is 0 Å². The Morgan fingerprint density at radius 2 is 2.07 bits per heavy atom. The molecule has 0 spiro atoms. The molecule has 15 heavy (non-hydrogen) atoms. The van der Waals surface area contributed by atoms with Crippen LogP contribution in [-0.4, -0.2) is 19.9 Å². The lowest BCUT2D eigenvalue weighted by molar-refractivity contribution is 0.247. The van der Waals surface area contributed by atoms with Crippen LogP contribution in [-0.2, 0) is 6.61 Å². The Labute approximate surface area is 95.3 Å². The number of hydrogen-bond acceptors (Lipinski definition) is 3. The SMILES string of the molecule is CCC(CC)C(C)n1c(CO)n[nH]c1=S. The highest BCUT2D eigenvalue weighted by molar-refractivity contribution is 7.71. The molecule has 0 aliphatic rings. The van der Waals surface area contributed by atoms with Crippen molar-refractivity contribution in [2.24, 2.45) is 5.92 Å². The summed E-state index contributed by atoms with van der Waals surface area (Å²) in [6.45, 7) is 6.40. The summed E-state index contributed by atoms with van der Waals surface area (Å²) in [5.41, 5.74) is 0. The van der Waals surface area contributed by atoms with Gasteiger partial charge in [-0.2, -0.15) is 5.10 Å². The Morgan fingerprint density at radius 3 is 2.53 bits per heavy atom. The first-order valence-electron chi connectivity index (χ1n) is 5.42. The van der Waals surface area contributed by atoms with Crippen molar-refractivity contribution in [3.63, 3.8) is 0 Å². The normalized spacial score (nSPS) is 13.4. The smallest absolute Gasteiger partial charge is 0.195 e. The summed E-state index contributed by atoms with van der Waals surface area (Å²) in [5.74, 6) is 1.19. The Kier molecular flexibility index (Phi) is 4.47. The minimum absolute atomic E-state index is 0.0718. The topological polar surface area (TPSA) is 53.8 Å². The van der Waals surface area contributed by atoms with Gasteiger partial charge in [0, 0.05) is 6.04 Å². The van der Waals surface area contributed by atoms with E-state index < -0.39 is 0 Å². The van der Waals surface area contributed by atoms with E-state index in [0.717, 1.165) is 12.8 Å². The summed E-state index contributed by atoms with van der Waals surface area (Å²) >= 11 is 5.16. The number of hydrogen-bond donors (Lipinski definition) is 2. The van der Waals surface area contributed by atoms with Crippen LogP contribution in [0.2, 0.25) is 0 Å². The molecule has 0 aliphatic heterocycles. The van der Waals surface area contributed by atoms with Gasteiger partial charge in [0.05, 0.1) is 0 Å². The van der Waals surface area contributed by atoms with Crippen LogP contribution in [0.4, 0.5) is 0 Å². The Morgan fingerprint density at radius 1 is 1.47 bits per heavy atom. The van der Waals surface area contributed by atoms with E-state index in [2.05, 4.69) is 31.0 Å². The summed E-state index contributed by atoms with van der Waals surface area (Å²) in [7, 11) is 0. The maximum absolute atomic E-state index is 9.16. The monoisotopic (exact) mass is 229 g/mol. The minimum atomic E-state index is -0.0718. The second-order valence-electron chi connectivity index (χ2n) is 3.79. The zero-order chi connectivity index (χ0) is 11.4.